The Morgan fingerprint density at radius 3 is 2.51 bits per heavy atom. The van der Waals surface area contributed by atoms with Gasteiger partial charge in [-0.2, -0.15) is 0 Å². The Bertz CT molecular complexity index is 893. The van der Waals surface area contributed by atoms with Crippen LogP contribution in [0.2, 0.25) is 0 Å². The van der Waals surface area contributed by atoms with E-state index in [0.717, 1.165) is 63.0 Å². The number of hydrogen-bond donors (Lipinski definition) is 1. The average Bonchev–Trinajstić information content (AvgIpc) is 3.08. The molecule has 2 fully saturated rings. The topological polar surface area (TPSA) is 61.9 Å². The summed E-state index contributed by atoms with van der Waals surface area (Å²) >= 11 is 0. The summed E-state index contributed by atoms with van der Waals surface area (Å²) in [4.78, 5) is 30.3. The number of fused-ring (bicyclic) bond motifs is 1. The highest BCUT2D eigenvalue weighted by atomic mass is 19.1. The van der Waals surface area contributed by atoms with E-state index >= 15 is 0 Å². The number of rotatable bonds is 7. The van der Waals surface area contributed by atoms with Crippen LogP contribution in [0.15, 0.2) is 18.2 Å². The van der Waals surface area contributed by atoms with Crippen molar-refractivity contribution in [1.82, 2.24) is 10.2 Å². The van der Waals surface area contributed by atoms with Crippen LogP contribution in [0.5, 0.6) is 0 Å². The lowest BCUT2D eigenvalue weighted by molar-refractivity contribution is -0.142. The summed E-state index contributed by atoms with van der Waals surface area (Å²) in [5, 5.41) is 2.95. The van der Waals surface area contributed by atoms with Crippen LogP contribution >= 0.6 is 0 Å². The Labute approximate surface area is 209 Å². The van der Waals surface area contributed by atoms with Crippen molar-refractivity contribution in [3.63, 3.8) is 0 Å². The quantitative estimate of drug-likeness (QED) is 0.560. The molecule has 0 radical (unpaired) electrons. The number of nitrogens with zero attached hydrogens (tertiary/aromatic N) is 2. The fourth-order valence-corrected chi connectivity index (χ4v) is 6.12. The van der Waals surface area contributed by atoms with Gasteiger partial charge in [0.2, 0.25) is 0 Å². The number of anilines is 1. The predicted octanol–water partition coefficient (Wildman–Crippen LogP) is 5.39. The van der Waals surface area contributed by atoms with Gasteiger partial charge in [-0.05, 0) is 62.3 Å². The smallest absolute Gasteiger partial charge is 0.408 e. The monoisotopic (exact) mass is 487 g/mol. The summed E-state index contributed by atoms with van der Waals surface area (Å²) < 4.78 is 19.7. The van der Waals surface area contributed by atoms with E-state index in [2.05, 4.69) is 24.1 Å². The molecule has 1 saturated carbocycles. The molecule has 4 rings (SSSR count). The van der Waals surface area contributed by atoms with Gasteiger partial charge in [-0.25, -0.2) is 9.18 Å². The highest BCUT2D eigenvalue weighted by molar-refractivity contribution is 5.83. The van der Waals surface area contributed by atoms with Crippen LogP contribution in [0, 0.1) is 11.7 Å². The first kappa shape index (κ1) is 25.8. The first-order valence-electron chi connectivity index (χ1n) is 13.5. The highest BCUT2D eigenvalue weighted by Gasteiger charge is 2.36. The highest BCUT2D eigenvalue weighted by Crippen LogP contribution is 2.40. The summed E-state index contributed by atoms with van der Waals surface area (Å²) in [5.41, 5.74) is 1.84. The normalized spacial score (nSPS) is 21.8. The maximum absolute atomic E-state index is 13.8. The predicted molar refractivity (Wildman–Crippen MR) is 136 cm³/mol. The molecule has 6 nitrogen and oxygen atoms in total. The van der Waals surface area contributed by atoms with Gasteiger partial charge < -0.3 is 19.9 Å². The van der Waals surface area contributed by atoms with E-state index in [0.29, 0.717) is 18.9 Å². The average molecular weight is 488 g/mol. The molecular formula is C28H42FN3O3. The van der Waals surface area contributed by atoms with Gasteiger partial charge in [-0.3, -0.25) is 4.79 Å². The second kappa shape index (κ2) is 11.2. The molecule has 0 unspecified atom stereocenters. The van der Waals surface area contributed by atoms with Gasteiger partial charge in [-0.15, -0.1) is 0 Å². The molecule has 0 aromatic heterocycles. The lowest BCUT2D eigenvalue weighted by atomic mass is 9.85. The zero-order valence-electron chi connectivity index (χ0n) is 21.7. The Morgan fingerprint density at radius 1 is 1.11 bits per heavy atom. The third kappa shape index (κ3) is 6.47. The second-order valence-electron chi connectivity index (χ2n) is 11.5. The van der Waals surface area contributed by atoms with Crippen LogP contribution in [0.25, 0.3) is 0 Å². The molecule has 2 amide bonds. The van der Waals surface area contributed by atoms with Crippen LogP contribution in [0.3, 0.4) is 0 Å². The molecule has 1 aliphatic carbocycles. The molecule has 2 heterocycles. The Hall–Kier alpha value is -2.31. The minimum atomic E-state index is -0.710. The van der Waals surface area contributed by atoms with Crippen molar-refractivity contribution < 1.29 is 18.7 Å². The summed E-state index contributed by atoms with van der Waals surface area (Å²) in [6.07, 6.45) is 8.42. The summed E-state index contributed by atoms with van der Waals surface area (Å²) in [6, 6.07) is 4.74. The molecule has 0 spiro atoms. The zero-order valence-corrected chi connectivity index (χ0v) is 21.7. The van der Waals surface area contributed by atoms with E-state index in [-0.39, 0.29) is 23.2 Å². The number of amides is 2. The van der Waals surface area contributed by atoms with Gasteiger partial charge in [0.1, 0.15) is 5.82 Å². The maximum atomic E-state index is 13.8. The lowest BCUT2D eigenvalue weighted by Crippen LogP contribution is -2.48. The summed E-state index contributed by atoms with van der Waals surface area (Å²) in [6.45, 7) is 9.02. The number of alkyl carbamates (subject to hydrolysis) is 1. The second-order valence-corrected chi connectivity index (χ2v) is 11.5. The molecule has 3 aliphatic rings. The fourth-order valence-electron chi connectivity index (χ4n) is 6.12. The van der Waals surface area contributed by atoms with Gasteiger partial charge in [0.05, 0.1) is 0 Å². The first-order valence-corrected chi connectivity index (χ1v) is 13.5. The van der Waals surface area contributed by atoms with Crippen molar-refractivity contribution in [2.45, 2.75) is 96.1 Å². The summed E-state index contributed by atoms with van der Waals surface area (Å²) in [7, 11) is 0. The molecular weight excluding hydrogens is 445 g/mol. The molecule has 2 atom stereocenters. The number of benzene rings is 1. The van der Waals surface area contributed by atoms with Crippen molar-refractivity contribution in [2.24, 2.45) is 5.92 Å². The lowest BCUT2D eigenvalue weighted by Gasteiger charge is -2.32. The van der Waals surface area contributed by atoms with Gasteiger partial charge in [-0.1, -0.05) is 46.0 Å². The van der Waals surface area contributed by atoms with Gasteiger partial charge >= 0.3 is 6.09 Å². The molecule has 1 aromatic rings. The van der Waals surface area contributed by atoms with E-state index in [4.69, 9.17) is 4.74 Å². The molecule has 2 aliphatic heterocycles. The van der Waals surface area contributed by atoms with Crippen LogP contribution in [0.1, 0.15) is 84.1 Å². The number of likely N-dealkylation sites (tertiary alicyclic amines) is 1. The van der Waals surface area contributed by atoms with E-state index in [1.54, 1.807) is 6.07 Å². The number of ether oxygens (including phenoxy) is 1. The third-order valence-corrected chi connectivity index (χ3v) is 7.94. The Balaban J connectivity index is 1.36. The summed E-state index contributed by atoms with van der Waals surface area (Å²) in [5.74, 6) is 0.183. The van der Waals surface area contributed by atoms with Gasteiger partial charge in [0.25, 0.3) is 5.91 Å². The van der Waals surface area contributed by atoms with E-state index in [1.807, 2.05) is 17.9 Å². The number of hydrogen-bond acceptors (Lipinski definition) is 4. The number of carbonyl (C=O) groups excluding carboxylic acids is 2. The van der Waals surface area contributed by atoms with E-state index in [1.165, 1.54) is 25.3 Å². The van der Waals surface area contributed by atoms with Gasteiger partial charge in [0, 0.05) is 43.3 Å². The number of piperidine rings is 1. The van der Waals surface area contributed by atoms with Crippen LogP contribution in [-0.2, 0) is 14.9 Å². The number of carbonyl (C=O) groups is 2. The van der Waals surface area contributed by atoms with Crippen molar-refractivity contribution in [2.75, 3.05) is 31.1 Å². The molecule has 1 saturated heterocycles. The molecule has 1 N–H and O–H groups in total. The van der Waals surface area contributed by atoms with Crippen molar-refractivity contribution >= 4 is 17.7 Å². The van der Waals surface area contributed by atoms with Crippen molar-refractivity contribution in [3.8, 4) is 0 Å². The van der Waals surface area contributed by atoms with Crippen LogP contribution in [-0.4, -0.2) is 55.2 Å². The van der Waals surface area contributed by atoms with Crippen molar-refractivity contribution in [1.29, 1.82) is 0 Å². The number of halogens is 1. The van der Waals surface area contributed by atoms with Crippen molar-refractivity contribution in [3.05, 3.63) is 29.6 Å². The zero-order chi connectivity index (χ0) is 25.0. The largest absolute Gasteiger partial charge is 0.436 e. The van der Waals surface area contributed by atoms with Crippen LogP contribution < -0.4 is 10.2 Å². The third-order valence-electron chi connectivity index (χ3n) is 7.94. The minimum absolute atomic E-state index is 0.0321. The molecule has 0 bridgehead atoms. The molecule has 194 valence electrons. The minimum Gasteiger partial charge on any atom is -0.436 e. The van der Waals surface area contributed by atoms with Gasteiger partial charge in [0.15, 0.2) is 6.10 Å². The SMILES string of the molecule is C[C@@H](CN1CC(C)(C)c2cc(F)ccc21)NC(=O)O[C@@H](CC1CCCCC1)C(=O)N1CCCCC1. The molecule has 1 aromatic carbocycles. The standard InChI is InChI=1S/C28H42FN3O3/c1-20(18-32-19-28(2,3)23-17-22(29)12-13-24(23)32)30-27(34)35-25(16-21-10-6-4-7-11-21)26(33)31-14-8-5-9-15-31/h12-13,17,20-21,25H,4-11,14-16,18-19H2,1-3H3,(H,30,34)/t20-,25-/m0/s1. The molecule has 7 heteroatoms. The van der Waals surface area contributed by atoms with Crippen LogP contribution in [0.4, 0.5) is 14.9 Å². The Kier molecular flexibility index (Phi) is 8.23. The van der Waals surface area contributed by atoms with E-state index in [9.17, 15) is 14.0 Å². The van der Waals surface area contributed by atoms with E-state index < -0.39 is 12.2 Å². The molecule has 35 heavy (non-hydrogen) atoms. The first-order chi connectivity index (χ1) is 16.7. The number of nitrogens with one attached hydrogen (secondary N) is 1. The maximum Gasteiger partial charge on any atom is 0.408 e. The fraction of sp³-hybridized carbons (Fsp3) is 0.714. The Morgan fingerprint density at radius 2 is 1.80 bits per heavy atom.